The number of nitrogens with zero attached hydrogens (tertiary/aromatic N) is 4. The summed E-state index contributed by atoms with van der Waals surface area (Å²) < 4.78 is 26.3. The molecule has 4 rings (SSSR count). The van der Waals surface area contributed by atoms with Crippen LogP contribution < -0.4 is 10.6 Å². The molecule has 31 heavy (non-hydrogen) atoms. The summed E-state index contributed by atoms with van der Waals surface area (Å²) in [7, 11) is -3.55. The Balaban J connectivity index is 1.77. The van der Waals surface area contributed by atoms with Gasteiger partial charge in [-0.05, 0) is 42.0 Å². The molecule has 2 N–H and O–H groups in total. The Labute approximate surface area is 179 Å². The minimum Gasteiger partial charge on any atom is -0.384 e. The number of amides is 1. The molecule has 0 radical (unpaired) electrons. The lowest BCUT2D eigenvalue weighted by atomic mass is 10.1. The van der Waals surface area contributed by atoms with Gasteiger partial charge in [0.15, 0.2) is 9.84 Å². The van der Waals surface area contributed by atoms with Crippen molar-refractivity contribution < 1.29 is 13.2 Å². The smallest absolute Gasteiger partial charge is 0.249 e. The lowest BCUT2D eigenvalue weighted by molar-refractivity contribution is -0.119. The Morgan fingerprint density at radius 1 is 1.10 bits per heavy atom. The van der Waals surface area contributed by atoms with Gasteiger partial charge in [0.2, 0.25) is 5.91 Å². The summed E-state index contributed by atoms with van der Waals surface area (Å²) in [5, 5.41) is 5.01. The van der Waals surface area contributed by atoms with Crippen LogP contribution in [0.2, 0.25) is 0 Å². The molecular weight excluding hydrogens is 414 g/mol. The van der Waals surface area contributed by atoms with E-state index in [1.54, 1.807) is 42.7 Å². The first kappa shape index (κ1) is 20.5. The summed E-state index contributed by atoms with van der Waals surface area (Å²) >= 11 is 0. The number of aromatic nitrogens is 3. The van der Waals surface area contributed by atoms with E-state index < -0.39 is 9.84 Å². The number of anilines is 2. The summed E-state index contributed by atoms with van der Waals surface area (Å²) in [6, 6.07) is 17.4. The normalized spacial score (nSPS) is 11.5. The van der Waals surface area contributed by atoms with E-state index in [2.05, 4.69) is 10.1 Å². The van der Waals surface area contributed by atoms with Crippen molar-refractivity contribution in [2.24, 2.45) is 0 Å². The number of rotatable bonds is 6. The number of hydrogen-bond donors (Lipinski definition) is 1. The molecule has 9 heteroatoms. The fraction of sp³-hybridized carbons (Fsp3) is 0.136. The number of carbonyl (C=O) groups is 1. The van der Waals surface area contributed by atoms with Gasteiger partial charge in [-0.25, -0.2) is 13.4 Å². The predicted octanol–water partition coefficient (Wildman–Crippen LogP) is 2.65. The molecule has 0 aliphatic heterocycles. The number of pyridine rings is 1. The van der Waals surface area contributed by atoms with Crippen molar-refractivity contribution in [1.29, 1.82) is 0 Å². The summed E-state index contributed by atoms with van der Waals surface area (Å²) in [6.45, 7) is 0.142. The standard InChI is InChI=1S/C22H21N5O3S/c1-31(29,30)20-6-3-2-5-19(20)27(22(28)15-26-12-4-11-24-26)14-16-7-8-17-9-10-21(23)25-18(17)13-16/h2-13H,14-15H2,1H3,(H2,23,25). The molecule has 0 spiro atoms. The Morgan fingerprint density at radius 2 is 1.87 bits per heavy atom. The van der Waals surface area contributed by atoms with Gasteiger partial charge >= 0.3 is 0 Å². The number of hydrogen-bond acceptors (Lipinski definition) is 6. The maximum Gasteiger partial charge on any atom is 0.249 e. The van der Waals surface area contributed by atoms with Gasteiger partial charge in [-0.3, -0.25) is 9.48 Å². The molecular formula is C22H21N5O3S. The van der Waals surface area contributed by atoms with Crippen LogP contribution in [0.3, 0.4) is 0 Å². The quantitative estimate of drug-likeness (QED) is 0.498. The van der Waals surface area contributed by atoms with Crippen LogP contribution in [0, 0.1) is 0 Å². The van der Waals surface area contributed by atoms with Crippen molar-refractivity contribution in [3.8, 4) is 0 Å². The topological polar surface area (TPSA) is 111 Å². The predicted molar refractivity (Wildman–Crippen MR) is 119 cm³/mol. The highest BCUT2D eigenvalue weighted by molar-refractivity contribution is 7.90. The van der Waals surface area contributed by atoms with Crippen molar-refractivity contribution in [3.63, 3.8) is 0 Å². The largest absolute Gasteiger partial charge is 0.384 e. The van der Waals surface area contributed by atoms with Gasteiger partial charge in [0.1, 0.15) is 12.4 Å². The van der Waals surface area contributed by atoms with Crippen molar-refractivity contribution in [1.82, 2.24) is 14.8 Å². The highest BCUT2D eigenvalue weighted by atomic mass is 32.2. The lowest BCUT2D eigenvalue weighted by Gasteiger charge is -2.25. The van der Waals surface area contributed by atoms with Crippen LogP contribution >= 0.6 is 0 Å². The molecule has 4 aromatic rings. The zero-order chi connectivity index (χ0) is 22.0. The number of carbonyl (C=O) groups excluding carboxylic acids is 1. The first-order valence-corrected chi connectivity index (χ1v) is 11.4. The molecule has 0 aliphatic carbocycles. The highest BCUT2D eigenvalue weighted by Gasteiger charge is 2.23. The Kier molecular flexibility index (Phi) is 5.43. The van der Waals surface area contributed by atoms with Crippen LogP contribution in [0.25, 0.3) is 10.9 Å². The molecule has 0 atom stereocenters. The Morgan fingerprint density at radius 3 is 2.61 bits per heavy atom. The third kappa shape index (κ3) is 4.56. The second-order valence-corrected chi connectivity index (χ2v) is 9.17. The summed E-state index contributed by atoms with van der Waals surface area (Å²) in [4.78, 5) is 19.1. The fourth-order valence-corrected chi connectivity index (χ4v) is 4.26. The minimum absolute atomic E-state index is 0.0239. The van der Waals surface area contributed by atoms with Gasteiger partial charge in [-0.15, -0.1) is 0 Å². The van der Waals surface area contributed by atoms with E-state index >= 15 is 0 Å². The van der Waals surface area contributed by atoms with E-state index in [9.17, 15) is 13.2 Å². The monoisotopic (exact) mass is 435 g/mol. The van der Waals surface area contributed by atoms with Gasteiger partial charge in [0.05, 0.1) is 22.6 Å². The first-order chi connectivity index (χ1) is 14.8. The number of sulfone groups is 1. The molecule has 1 amide bonds. The molecule has 0 saturated carbocycles. The molecule has 0 bridgehead atoms. The fourth-order valence-electron chi connectivity index (χ4n) is 3.38. The summed E-state index contributed by atoms with van der Waals surface area (Å²) in [6.07, 6.45) is 4.40. The third-order valence-electron chi connectivity index (χ3n) is 4.83. The number of para-hydroxylation sites is 1. The van der Waals surface area contributed by atoms with E-state index in [1.807, 2.05) is 24.3 Å². The molecule has 0 aliphatic rings. The van der Waals surface area contributed by atoms with Crippen LogP contribution in [0.5, 0.6) is 0 Å². The van der Waals surface area contributed by atoms with E-state index in [4.69, 9.17) is 5.73 Å². The average Bonchev–Trinajstić information content (AvgIpc) is 3.24. The molecule has 2 aromatic heterocycles. The van der Waals surface area contributed by atoms with Crippen LogP contribution in [-0.2, 0) is 27.7 Å². The molecule has 158 valence electrons. The van der Waals surface area contributed by atoms with Crippen molar-refractivity contribution >= 4 is 38.2 Å². The second kappa shape index (κ2) is 8.19. The van der Waals surface area contributed by atoms with Crippen LogP contribution in [0.1, 0.15) is 5.56 Å². The maximum absolute atomic E-state index is 13.2. The molecule has 8 nitrogen and oxygen atoms in total. The molecule has 2 aromatic carbocycles. The first-order valence-electron chi connectivity index (χ1n) is 9.53. The van der Waals surface area contributed by atoms with Gasteiger partial charge in [-0.2, -0.15) is 5.10 Å². The number of nitrogen functional groups attached to an aromatic ring is 1. The van der Waals surface area contributed by atoms with Gasteiger partial charge < -0.3 is 10.6 Å². The Bertz CT molecular complexity index is 1350. The maximum atomic E-state index is 13.2. The van der Waals surface area contributed by atoms with Crippen molar-refractivity contribution in [3.05, 3.63) is 78.6 Å². The van der Waals surface area contributed by atoms with Crippen LogP contribution in [-0.4, -0.2) is 35.3 Å². The molecule has 0 saturated heterocycles. The zero-order valence-corrected chi connectivity index (χ0v) is 17.7. The number of nitrogens with two attached hydrogens (primary N) is 1. The lowest BCUT2D eigenvalue weighted by Crippen LogP contribution is -2.34. The van der Waals surface area contributed by atoms with E-state index in [-0.39, 0.29) is 23.9 Å². The number of benzene rings is 2. The van der Waals surface area contributed by atoms with Crippen LogP contribution in [0.15, 0.2) is 78.0 Å². The SMILES string of the molecule is CS(=O)(=O)c1ccccc1N(Cc1ccc2ccc(N)nc2c1)C(=O)Cn1cccn1. The minimum atomic E-state index is -3.55. The summed E-state index contributed by atoms with van der Waals surface area (Å²) in [5.41, 5.74) is 7.62. The van der Waals surface area contributed by atoms with E-state index in [0.29, 0.717) is 17.0 Å². The number of fused-ring (bicyclic) bond motifs is 1. The van der Waals surface area contributed by atoms with Crippen molar-refractivity contribution in [2.45, 2.75) is 18.0 Å². The second-order valence-electron chi connectivity index (χ2n) is 7.19. The van der Waals surface area contributed by atoms with Crippen molar-refractivity contribution in [2.75, 3.05) is 16.9 Å². The van der Waals surface area contributed by atoms with Gasteiger partial charge in [0.25, 0.3) is 0 Å². The van der Waals surface area contributed by atoms with Gasteiger partial charge in [0, 0.05) is 24.0 Å². The van der Waals surface area contributed by atoms with E-state index in [0.717, 1.165) is 17.2 Å². The highest BCUT2D eigenvalue weighted by Crippen LogP contribution is 2.28. The average molecular weight is 436 g/mol. The van der Waals surface area contributed by atoms with Gasteiger partial charge in [-0.1, -0.05) is 24.3 Å². The third-order valence-corrected chi connectivity index (χ3v) is 5.98. The van der Waals surface area contributed by atoms with E-state index in [1.165, 1.54) is 15.6 Å². The molecule has 0 unspecified atom stereocenters. The Hall–Kier alpha value is -3.72. The summed E-state index contributed by atoms with van der Waals surface area (Å²) in [5.74, 6) is 0.110. The molecule has 2 heterocycles. The molecule has 0 fully saturated rings. The van der Waals surface area contributed by atoms with Crippen LogP contribution in [0.4, 0.5) is 11.5 Å². The zero-order valence-electron chi connectivity index (χ0n) is 16.8.